The van der Waals surface area contributed by atoms with Crippen molar-refractivity contribution in [1.82, 2.24) is 40.0 Å². The second-order valence-electron chi connectivity index (χ2n) is 10.1. The number of pyridine rings is 3. The van der Waals surface area contributed by atoms with Crippen molar-refractivity contribution in [1.29, 1.82) is 0 Å². The Morgan fingerprint density at radius 2 is 1.76 bits per heavy atom. The number of nitrogens with two attached hydrogens (primary N) is 1. The summed E-state index contributed by atoms with van der Waals surface area (Å²) in [5, 5.41) is 8.32. The molecule has 0 aliphatic carbocycles. The summed E-state index contributed by atoms with van der Waals surface area (Å²) in [6.07, 6.45) is 8.85. The number of primary amides is 1. The lowest BCUT2D eigenvalue weighted by Gasteiger charge is -2.33. The number of amides is 1. The Bertz CT molecular complexity index is 1630. The lowest BCUT2D eigenvalue weighted by Crippen LogP contribution is -2.44. The number of hydrogen-bond donors (Lipinski definition) is 3. The van der Waals surface area contributed by atoms with Crippen molar-refractivity contribution in [3.05, 3.63) is 48.7 Å². The van der Waals surface area contributed by atoms with E-state index in [-0.39, 0.29) is 0 Å². The van der Waals surface area contributed by atoms with Gasteiger partial charge >= 0.3 is 0 Å². The summed E-state index contributed by atoms with van der Waals surface area (Å²) in [7, 11) is 2.14. The Labute approximate surface area is 213 Å². The largest absolute Gasteiger partial charge is 0.369 e. The summed E-state index contributed by atoms with van der Waals surface area (Å²) in [6.45, 7) is 7.44. The normalized spacial score (nSPS) is 15.1. The second kappa shape index (κ2) is 8.63. The first-order valence-corrected chi connectivity index (χ1v) is 12.2. The van der Waals surface area contributed by atoms with Crippen molar-refractivity contribution >= 4 is 33.7 Å². The molecule has 1 saturated heterocycles. The molecular weight excluding hydrogens is 468 g/mol. The SMILES string of the molecule is CN1CCN(c2cncc3[nH]c(-c4[nH]nc5ncc(-c6cncc(C(C)(C)C(N)=O)c6)cc45)nc23)CC1. The highest BCUT2D eigenvalue weighted by molar-refractivity contribution is 5.96. The predicted octanol–water partition coefficient (Wildman–Crippen LogP) is 2.47. The number of aromatic nitrogens is 7. The molecule has 0 unspecified atom stereocenters. The van der Waals surface area contributed by atoms with E-state index in [9.17, 15) is 4.79 Å². The number of nitrogens with one attached hydrogen (secondary N) is 2. The van der Waals surface area contributed by atoms with Crippen molar-refractivity contribution in [2.24, 2.45) is 5.73 Å². The fraction of sp³-hybridized carbons (Fsp3) is 0.308. The summed E-state index contributed by atoms with van der Waals surface area (Å²) >= 11 is 0. The summed E-state index contributed by atoms with van der Waals surface area (Å²) < 4.78 is 0. The number of H-pyrrole nitrogens is 2. The van der Waals surface area contributed by atoms with Gasteiger partial charge in [-0.3, -0.25) is 19.9 Å². The molecule has 0 aromatic carbocycles. The van der Waals surface area contributed by atoms with E-state index in [1.165, 1.54) is 0 Å². The maximum atomic E-state index is 12.0. The average molecular weight is 497 g/mol. The molecule has 37 heavy (non-hydrogen) atoms. The highest BCUT2D eigenvalue weighted by Gasteiger charge is 2.28. The first-order chi connectivity index (χ1) is 17.8. The zero-order valence-electron chi connectivity index (χ0n) is 21.0. The van der Waals surface area contributed by atoms with E-state index in [0.29, 0.717) is 11.5 Å². The molecule has 11 nitrogen and oxygen atoms in total. The molecule has 1 amide bonds. The standard InChI is InChI=1S/C26H28N10O/c1-26(2,25(27)37)17-8-15(10-28-12-17)16-9-18-21(33-34-23(18)30-11-16)24-31-19-13-29-14-20(22(19)32-24)36-6-4-35(3)5-7-36/h8-14H,4-7H2,1-3H3,(H2,27,37)(H,31,32)(H,30,33,34). The number of carbonyl (C=O) groups excluding carboxylic acids is 1. The molecule has 6 rings (SSSR count). The van der Waals surface area contributed by atoms with Crippen LogP contribution < -0.4 is 10.6 Å². The Kier molecular flexibility index (Phi) is 5.37. The summed E-state index contributed by atoms with van der Waals surface area (Å²) in [4.78, 5) is 38.3. The van der Waals surface area contributed by atoms with Gasteiger partial charge in [0.05, 0.1) is 34.4 Å². The van der Waals surface area contributed by atoms with E-state index in [2.05, 4.69) is 47.0 Å². The molecular formula is C26H28N10O. The smallest absolute Gasteiger partial charge is 0.227 e. The van der Waals surface area contributed by atoms with Crippen LogP contribution in [0.3, 0.4) is 0 Å². The molecule has 0 saturated carbocycles. The molecule has 1 aliphatic heterocycles. The van der Waals surface area contributed by atoms with Gasteiger partial charge in [-0.1, -0.05) is 0 Å². The van der Waals surface area contributed by atoms with Gasteiger partial charge in [0.1, 0.15) is 11.2 Å². The molecule has 11 heteroatoms. The molecule has 1 aliphatic rings. The number of fused-ring (bicyclic) bond motifs is 2. The first kappa shape index (κ1) is 23.0. The monoisotopic (exact) mass is 496 g/mol. The number of anilines is 1. The third-order valence-electron chi connectivity index (χ3n) is 7.27. The van der Waals surface area contributed by atoms with Gasteiger partial charge in [0.25, 0.3) is 0 Å². The quantitative estimate of drug-likeness (QED) is 0.336. The zero-order chi connectivity index (χ0) is 25.7. The van der Waals surface area contributed by atoms with Gasteiger partial charge in [-0.2, -0.15) is 5.10 Å². The molecule has 0 bridgehead atoms. The van der Waals surface area contributed by atoms with Gasteiger partial charge in [0.15, 0.2) is 11.5 Å². The maximum absolute atomic E-state index is 12.0. The Morgan fingerprint density at radius 3 is 2.54 bits per heavy atom. The van der Waals surface area contributed by atoms with Gasteiger partial charge in [0, 0.05) is 55.9 Å². The van der Waals surface area contributed by atoms with E-state index >= 15 is 0 Å². The number of likely N-dealkylation sites (N-methyl/N-ethyl adjacent to an activating group) is 1. The Morgan fingerprint density at radius 1 is 1.00 bits per heavy atom. The van der Waals surface area contributed by atoms with Crippen molar-refractivity contribution in [3.8, 4) is 22.6 Å². The van der Waals surface area contributed by atoms with Crippen molar-refractivity contribution in [3.63, 3.8) is 0 Å². The number of aromatic amines is 2. The van der Waals surface area contributed by atoms with Gasteiger partial charge in [-0.15, -0.1) is 0 Å². The van der Waals surface area contributed by atoms with Crippen LogP contribution in [0.2, 0.25) is 0 Å². The van der Waals surface area contributed by atoms with Crippen LogP contribution in [-0.4, -0.2) is 79.2 Å². The lowest BCUT2D eigenvalue weighted by atomic mass is 9.84. The van der Waals surface area contributed by atoms with E-state index < -0.39 is 11.3 Å². The van der Waals surface area contributed by atoms with Crippen LogP contribution in [0.15, 0.2) is 43.1 Å². The third kappa shape index (κ3) is 3.97. The van der Waals surface area contributed by atoms with Gasteiger partial charge < -0.3 is 20.5 Å². The molecule has 0 atom stereocenters. The number of imidazole rings is 1. The van der Waals surface area contributed by atoms with E-state index in [1.807, 2.05) is 18.3 Å². The van der Waals surface area contributed by atoms with Crippen LogP contribution in [0.1, 0.15) is 19.4 Å². The minimum atomic E-state index is -0.842. The number of rotatable bonds is 5. The lowest BCUT2D eigenvalue weighted by molar-refractivity contribution is -0.122. The number of nitrogens with zero attached hydrogens (tertiary/aromatic N) is 7. The zero-order valence-corrected chi connectivity index (χ0v) is 21.0. The average Bonchev–Trinajstić information content (AvgIpc) is 3.52. The molecule has 6 heterocycles. The fourth-order valence-corrected chi connectivity index (χ4v) is 4.64. The van der Waals surface area contributed by atoms with Crippen LogP contribution in [0.25, 0.3) is 44.7 Å². The first-order valence-electron chi connectivity index (χ1n) is 12.2. The second-order valence-corrected chi connectivity index (χ2v) is 10.1. The van der Waals surface area contributed by atoms with Crippen LogP contribution in [-0.2, 0) is 10.2 Å². The highest BCUT2D eigenvalue weighted by atomic mass is 16.1. The molecule has 4 N–H and O–H groups in total. The molecule has 0 radical (unpaired) electrons. The van der Waals surface area contributed by atoms with Crippen molar-refractivity contribution in [2.45, 2.75) is 19.3 Å². The summed E-state index contributed by atoms with van der Waals surface area (Å²) in [5.41, 5.74) is 11.3. The minimum absolute atomic E-state index is 0.410. The molecule has 1 fully saturated rings. The highest BCUT2D eigenvalue weighted by Crippen LogP contribution is 2.32. The van der Waals surface area contributed by atoms with Crippen molar-refractivity contribution < 1.29 is 4.79 Å². The summed E-state index contributed by atoms with van der Waals surface area (Å²) in [6, 6.07) is 3.93. The number of hydrogen-bond acceptors (Lipinski definition) is 8. The van der Waals surface area contributed by atoms with Gasteiger partial charge in [0.2, 0.25) is 5.91 Å². The maximum Gasteiger partial charge on any atom is 0.227 e. The van der Waals surface area contributed by atoms with Crippen LogP contribution in [0.5, 0.6) is 0 Å². The van der Waals surface area contributed by atoms with Crippen LogP contribution in [0, 0.1) is 0 Å². The molecule has 5 aromatic rings. The number of piperazine rings is 1. The van der Waals surface area contributed by atoms with Gasteiger partial charge in [-0.05, 0) is 38.6 Å². The molecule has 5 aromatic heterocycles. The fourth-order valence-electron chi connectivity index (χ4n) is 4.64. The molecule has 188 valence electrons. The van der Waals surface area contributed by atoms with E-state index in [4.69, 9.17) is 10.7 Å². The summed E-state index contributed by atoms with van der Waals surface area (Å²) in [5.74, 6) is 0.258. The van der Waals surface area contributed by atoms with Crippen molar-refractivity contribution in [2.75, 3.05) is 38.1 Å². The topological polar surface area (TPSA) is 146 Å². The minimum Gasteiger partial charge on any atom is -0.369 e. The van der Waals surface area contributed by atoms with E-state index in [1.54, 1.807) is 38.6 Å². The molecule has 0 spiro atoms. The van der Waals surface area contributed by atoms with E-state index in [0.717, 1.165) is 70.7 Å². The Balaban J connectivity index is 1.40. The number of carbonyl (C=O) groups is 1. The Hall–Kier alpha value is -4.38. The predicted molar refractivity (Wildman–Crippen MR) is 142 cm³/mol. The van der Waals surface area contributed by atoms with Crippen LogP contribution in [0.4, 0.5) is 5.69 Å². The van der Waals surface area contributed by atoms with Gasteiger partial charge in [-0.25, -0.2) is 9.97 Å². The van der Waals surface area contributed by atoms with Crippen LogP contribution >= 0.6 is 0 Å². The third-order valence-corrected chi connectivity index (χ3v) is 7.27.